The molecule has 0 atom stereocenters. The van der Waals surface area contributed by atoms with Gasteiger partial charge in [0.2, 0.25) is 5.78 Å². The quantitative estimate of drug-likeness (QED) is 0.470. The van der Waals surface area contributed by atoms with Crippen molar-refractivity contribution >= 4 is 17.5 Å². The van der Waals surface area contributed by atoms with Crippen LogP contribution < -0.4 is 4.74 Å². The average molecular weight is 250 g/mol. The standard InChI is InChI=1S/C13H14O5/c1-8(2)7-18-10-5-3-9(4-6-10)11(14)12(15)13(16)17/h3-6,8H,7H2,1-2H3,(H,16,17). The van der Waals surface area contributed by atoms with Crippen molar-refractivity contribution in [3.63, 3.8) is 0 Å². The number of benzene rings is 1. The molecule has 0 amide bonds. The highest BCUT2D eigenvalue weighted by molar-refractivity contribution is 6.65. The number of hydrogen-bond donors (Lipinski definition) is 1. The Morgan fingerprint density at radius 1 is 1.17 bits per heavy atom. The molecule has 1 rings (SSSR count). The lowest BCUT2D eigenvalue weighted by Gasteiger charge is -2.08. The summed E-state index contributed by atoms with van der Waals surface area (Å²) in [6.45, 7) is 4.55. The largest absolute Gasteiger partial charge is 0.493 e. The summed E-state index contributed by atoms with van der Waals surface area (Å²) >= 11 is 0. The van der Waals surface area contributed by atoms with Crippen molar-refractivity contribution in [2.45, 2.75) is 13.8 Å². The monoisotopic (exact) mass is 250 g/mol. The summed E-state index contributed by atoms with van der Waals surface area (Å²) in [5, 5.41) is 8.42. The summed E-state index contributed by atoms with van der Waals surface area (Å²) in [5.74, 6) is -3.27. The lowest BCUT2D eigenvalue weighted by molar-refractivity contribution is -0.146. The predicted octanol–water partition coefficient (Wildman–Crippen LogP) is 1.56. The van der Waals surface area contributed by atoms with Gasteiger partial charge in [-0.2, -0.15) is 0 Å². The fourth-order valence-corrected chi connectivity index (χ4v) is 1.19. The number of carbonyl (C=O) groups excluding carboxylic acids is 2. The zero-order valence-corrected chi connectivity index (χ0v) is 10.2. The first kappa shape index (κ1) is 13.9. The molecule has 0 aliphatic heterocycles. The van der Waals surface area contributed by atoms with E-state index < -0.39 is 17.5 Å². The van der Waals surface area contributed by atoms with Gasteiger partial charge in [0.25, 0.3) is 0 Å². The number of carboxylic acids is 1. The van der Waals surface area contributed by atoms with Crippen LogP contribution in [0.15, 0.2) is 24.3 Å². The maximum Gasteiger partial charge on any atom is 0.380 e. The SMILES string of the molecule is CC(C)COc1ccc(C(=O)C(=O)C(=O)O)cc1. The molecular formula is C13H14O5. The first-order valence-corrected chi connectivity index (χ1v) is 5.46. The highest BCUT2D eigenvalue weighted by atomic mass is 16.5. The predicted molar refractivity (Wildman–Crippen MR) is 63.7 cm³/mol. The Kier molecular flexibility index (Phi) is 4.59. The third kappa shape index (κ3) is 3.69. The van der Waals surface area contributed by atoms with Crippen molar-refractivity contribution < 1.29 is 24.2 Å². The van der Waals surface area contributed by atoms with Crippen LogP contribution in [0, 0.1) is 5.92 Å². The average Bonchev–Trinajstić information content (AvgIpc) is 2.35. The van der Waals surface area contributed by atoms with E-state index >= 15 is 0 Å². The lowest BCUT2D eigenvalue weighted by atomic mass is 10.1. The summed E-state index contributed by atoms with van der Waals surface area (Å²) in [4.78, 5) is 32.7. The van der Waals surface area contributed by atoms with Crippen molar-refractivity contribution in [2.75, 3.05) is 6.61 Å². The summed E-state index contributed by atoms with van der Waals surface area (Å²) in [6.07, 6.45) is 0. The molecule has 1 aromatic rings. The molecule has 1 aromatic carbocycles. The van der Waals surface area contributed by atoms with E-state index in [2.05, 4.69) is 0 Å². The van der Waals surface area contributed by atoms with Gasteiger partial charge in [-0.3, -0.25) is 9.59 Å². The molecule has 0 fully saturated rings. The smallest absolute Gasteiger partial charge is 0.380 e. The van der Waals surface area contributed by atoms with E-state index in [9.17, 15) is 14.4 Å². The molecule has 0 aromatic heterocycles. The lowest BCUT2D eigenvalue weighted by Crippen LogP contribution is -2.23. The van der Waals surface area contributed by atoms with Gasteiger partial charge in [0.05, 0.1) is 6.61 Å². The Labute approximate surface area is 104 Å². The van der Waals surface area contributed by atoms with Crippen molar-refractivity contribution in [1.82, 2.24) is 0 Å². The third-order valence-electron chi connectivity index (χ3n) is 2.10. The molecule has 5 heteroatoms. The summed E-state index contributed by atoms with van der Waals surface area (Å²) in [7, 11) is 0. The van der Waals surface area contributed by atoms with Crippen molar-refractivity contribution in [2.24, 2.45) is 5.92 Å². The first-order valence-electron chi connectivity index (χ1n) is 5.46. The molecule has 18 heavy (non-hydrogen) atoms. The van der Waals surface area contributed by atoms with E-state index in [4.69, 9.17) is 9.84 Å². The number of ketones is 2. The second-order valence-electron chi connectivity index (χ2n) is 4.19. The molecule has 0 saturated carbocycles. The number of aliphatic carboxylic acids is 1. The van der Waals surface area contributed by atoms with Crippen LogP contribution >= 0.6 is 0 Å². The van der Waals surface area contributed by atoms with Gasteiger partial charge in [-0.25, -0.2) is 4.79 Å². The molecule has 5 nitrogen and oxygen atoms in total. The highest BCUT2D eigenvalue weighted by Gasteiger charge is 2.23. The Balaban J connectivity index is 2.74. The number of carboxylic acid groups (broad SMARTS) is 1. The normalized spacial score (nSPS) is 10.2. The van der Waals surface area contributed by atoms with Gasteiger partial charge >= 0.3 is 11.8 Å². The number of Topliss-reactive ketones (excluding diaryl/α,β-unsaturated/α-hetero) is 2. The van der Waals surface area contributed by atoms with Gasteiger partial charge in [-0.1, -0.05) is 13.8 Å². The Morgan fingerprint density at radius 3 is 2.17 bits per heavy atom. The van der Waals surface area contributed by atoms with Crippen molar-refractivity contribution in [3.8, 4) is 5.75 Å². The topological polar surface area (TPSA) is 80.7 Å². The van der Waals surface area contributed by atoms with Gasteiger partial charge in [0.15, 0.2) is 0 Å². The van der Waals surface area contributed by atoms with E-state index in [1.807, 2.05) is 13.8 Å². The molecule has 0 unspecified atom stereocenters. The minimum atomic E-state index is -1.75. The van der Waals surface area contributed by atoms with Gasteiger partial charge in [-0.15, -0.1) is 0 Å². The van der Waals surface area contributed by atoms with Crippen LogP contribution in [0.2, 0.25) is 0 Å². The zero-order valence-electron chi connectivity index (χ0n) is 10.2. The second kappa shape index (κ2) is 5.95. The van der Waals surface area contributed by atoms with Crippen molar-refractivity contribution in [3.05, 3.63) is 29.8 Å². The van der Waals surface area contributed by atoms with E-state index in [-0.39, 0.29) is 5.56 Å². The fourth-order valence-electron chi connectivity index (χ4n) is 1.19. The van der Waals surface area contributed by atoms with E-state index in [1.54, 1.807) is 0 Å². The molecule has 0 aliphatic carbocycles. The highest BCUT2D eigenvalue weighted by Crippen LogP contribution is 2.13. The number of carbonyl (C=O) groups is 3. The van der Waals surface area contributed by atoms with Crippen LogP contribution in [0.4, 0.5) is 0 Å². The molecule has 96 valence electrons. The number of rotatable bonds is 6. The fraction of sp³-hybridized carbons (Fsp3) is 0.308. The van der Waals surface area contributed by atoms with Crippen LogP contribution in [-0.4, -0.2) is 29.2 Å². The zero-order chi connectivity index (χ0) is 13.7. The number of hydrogen-bond acceptors (Lipinski definition) is 4. The Hall–Kier alpha value is -2.17. The van der Waals surface area contributed by atoms with Gasteiger partial charge in [0, 0.05) is 5.56 Å². The van der Waals surface area contributed by atoms with Gasteiger partial charge in [0.1, 0.15) is 5.75 Å². The Morgan fingerprint density at radius 2 is 1.72 bits per heavy atom. The molecule has 0 bridgehead atoms. The van der Waals surface area contributed by atoms with Crippen LogP contribution in [0.5, 0.6) is 5.75 Å². The van der Waals surface area contributed by atoms with Crippen LogP contribution in [0.25, 0.3) is 0 Å². The summed E-state index contributed by atoms with van der Waals surface area (Å²) in [6, 6.07) is 5.81. The molecule has 0 spiro atoms. The van der Waals surface area contributed by atoms with Crippen molar-refractivity contribution in [1.29, 1.82) is 0 Å². The van der Waals surface area contributed by atoms with E-state index in [0.29, 0.717) is 18.3 Å². The third-order valence-corrected chi connectivity index (χ3v) is 2.10. The maximum absolute atomic E-state index is 11.4. The molecule has 1 N–H and O–H groups in total. The minimum Gasteiger partial charge on any atom is -0.493 e. The second-order valence-corrected chi connectivity index (χ2v) is 4.19. The summed E-state index contributed by atoms with van der Waals surface area (Å²) in [5.41, 5.74) is 0.0410. The Bertz CT molecular complexity index is 459. The van der Waals surface area contributed by atoms with Crippen LogP contribution in [0.1, 0.15) is 24.2 Å². The molecular weight excluding hydrogens is 236 g/mol. The molecule has 0 saturated heterocycles. The summed E-state index contributed by atoms with van der Waals surface area (Å²) < 4.78 is 5.40. The number of ether oxygens (including phenoxy) is 1. The molecule has 0 radical (unpaired) electrons. The van der Waals surface area contributed by atoms with Crippen LogP contribution in [-0.2, 0) is 9.59 Å². The molecule has 0 aliphatic rings. The minimum absolute atomic E-state index is 0.0410. The maximum atomic E-state index is 11.4. The molecule has 0 heterocycles. The van der Waals surface area contributed by atoms with E-state index in [0.717, 1.165) is 0 Å². The van der Waals surface area contributed by atoms with Gasteiger partial charge < -0.3 is 9.84 Å². The van der Waals surface area contributed by atoms with Gasteiger partial charge in [-0.05, 0) is 30.2 Å². The van der Waals surface area contributed by atoms with E-state index in [1.165, 1.54) is 24.3 Å². The van der Waals surface area contributed by atoms with Crippen LogP contribution in [0.3, 0.4) is 0 Å². The first-order chi connectivity index (χ1) is 8.41.